The van der Waals surface area contributed by atoms with Crippen molar-refractivity contribution in [2.75, 3.05) is 19.5 Å². The maximum atomic E-state index is 13.5. The number of fused-ring (bicyclic) bond motifs is 3. The number of aryl methyl sites for hydroxylation is 3. The molecule has 3 aromatic rings. The van der Waals surface area contributed by atoms with Crippen LogP contribution in [0.4, 0.5) is 0 Å². The molecule has 1 unspecified atom stereocenters. The second kappa shape index (κ2) is 10.2. The van der Waals surface area contributed by atoms with Crippen LogP contribution in [-0.4, -0.2) is 34.9 Å². The Balaban J connectivity index is 1.36. The zero-order chi connectivity index (χ0) is 23.7. The average molecular weight is 498 g/mol. The summed E-state index contributed by atoms with van der Waals surface area (Å²) in [6.45, 7) is 2.93. The molecule has 5 rings (SSSR count). The van der Waals surface area contributed by atoms with Crippen LogP contribution in [-0.2, 0) is 28.9 Å². The summed E-state index contributed by atoms with van der Waals surface area (Å²) in [6, 6.07) is 8.47. The van der Waals surface area contributed by atoms with Crippen LogP contribution in [0.5, 0.6) is 0 Å². The number of carbonyl (C=O) groups is 1. The Labute approximate surface area is 208 Å². The third kappa shape index (κ3) is 4.95. The van der Waals surface area contributed by atoms with Crippen molar-refractivity contribution in [3.05, 3.63) is 56.2 Å². The summed E-state index contributed by atoms with van der Waals surface area (Å²) in [6.07, 6.45) is 6.56. The first kappa shape index (κ1) is 23.6. The molecule has 6 nitrogen and oxygen atoms in total. The summed E-state index contributed by atoms with van der Waals surface area (Å²) in [5, 5.41) is 4.62. The molecule has 0 saturated heterocycles. The predicted octanol–water partition coefficient (Wildman–Crippen LogP) is 4.65. The monoisotopic (exact) mass is 497 g/mol. The molecule has 1 aromatic carbocycles. The van der Waals surface area contributed by atoms with Gasteiger partial charge in [0.25, 0.3) is 5.56 Å². The number of hydrogen-bond acceptors (Lipinski definition) is 6. The fraction of sp³-hybridized carbons (Fsp3) is 0.500. The van der Waals surface area contributed by atoms with Gasteiger partial charge in [-0.2, -0.15) is 0 Å². The highest BCUT2D eigenvalue weighted by Crippen LogP contribution is 2.41. The van der Waals surface area contributed by atoms with Crippen LogP contribution in [0, 0.1) is 12.8 Å². The molecule has 1 N–H and O–H groups in total. The van der Waals surface area contributed by atoms with E-state index in [4.69, 9.17) is 9.72 Å². The second-order valence-corrected chi connectivity index (χ2v) is 11.3. The number of ether oxygens (including phenoxy) is 1. The number of hydrogen-bond donors (Lipinski definition) is 1. The molecular formula is C26H31N3O3S2. The molecule has 0 aliphatic heterocycles. The van der Waals surface area contributed by atoms with Crippen LogP contribution >= 0.6 is 23.1 Å². The van der Waals surface area contributed by atoms with E-state index in [9.17, 15) is 9.59 Å². The minimum absolute atomic E-state index is 0.000120. The molecule has 2 heterocycles. The minimum Gasteiger partial charge on any atom is -0.383 e. The van der Waals surface area contributed by atoms with Gasteiger partial charge in [-0.15, -0.1) is 11.3 Å². The summed E-state index contributed by atoms with van der Waals surface area (Å²) < 4.78 is 6.96. The van der Waals surface area contributed by atoms with Gasteiger partial charge in [-0.05, 0) is 62.5 Å². The normalized spacial score (nSPS) is 16.4. The van der Waals surface area contributed by atoms with E-state index < -0.39 is 0 Å². The highest BCUT2D eigenvalue weighted by Gasteiger charge is 2.33. The topological polar surface area (TPSA) is 73.2 Å². The van der Waals surface area contributed by atoms with Crippen molar-refractivity contribution in [2.24, 2.45) is 5.92 Å². The zero-order valence-corrected chi connectivity index (χ0v) is 21.4. The van der Waals surface area contributed by atoms with Crippen LogP contribution < -0.4 is 10.9 Å². The molecule has 0 radical (unpaired) electrons. The van der Waals surface area contributed by atoms with Gasteiger partial charge in [0.1, 0.15) is 4.83 Å². The van der Waals surface area contributed by atoms with Crippen molar-refractivity contribution in [1.29, 1.82) is 0 Å². The fourth-order valence-corrected chi connectivity index (χ4v) is 6.87. The van der Waals surface area contributed by atoms with E-state index >= 15 is 0 Å². The molecule has 2 aliphatic carbocycles. The molecule has 0 spiro atoms. The van der Waals surface area contributed by atoms with E-state index in [-0.39, 0.29) is 23.3 Å². The molecular weight excluding hydrogens is 466 g/mol. The predicted molar refractivity (Wildman–Crippen MR) is 138 cm³/mol. The molecule has 34 heavy (non-hydrogen) atoms. The lowest BCUT2D eigenvalue weighted by molar-refractivity contribution is -0.119. The highest BCUT2D eigenvalue weighted by molar-refractivity contribution is 7.99. The summed E-state index contributed by atoms with van der Waals surface area (Å²) in [5.41, 5.74) is 3.56. The first-order valence-electron chi connectivity index (χ1n) is 12.1. The Morgan fingerprint density at radius 3 is 2.76 bits per heavy atom. The average Bonchev–Trinajstić information content (AvgIpc) is 3.61. The lowest BCUT2D eigenvalue weighted by Crippen LogP contribution is -2.32. The SMILES string of the molecule is COCCn1c(SCC(=O)NC(c2ccc(C)cc2)C2CC2)nc2sc3c(c2c1=O)CCCC3. The number of thiophene rings is 1. The van der Waals surface area contributed by atoms with E-state index in [1.807, 2.05) is 0 Å². The van der Waals surface area contributed by atoms with Gasteiger partial charge in [-0.3, -0.25) is 14.2 Å². The fourth-order valence-electron chi connectivity index (χ4n) is 4.73. The van der Waals surface area contributed by atoms with Gasteiger partial charge in [0, 0.05) is 12.0 Å². The van der Waals surface area contributed by atoms with Gasteiger partial charge in [-0.25, -0.2) is 4.98 Å². The van der Waals surface area contributed by atoms with Crippen LogP contribution in [0.1, 0.15) is 53.3 Å². The Bertz CT molecular complexity index is 1240. The number of amides is 1. The number of aromatic nitrogens is 2. The van der Waals surface area contributed by atoms with Gasteiger partial charge in [0.05, 0.1) is 30.3 Å². The van der Waals surface area contributed by atoms with Crippen molar-refractivity contribution in [1.82, 2.24) is 14.9 Å². The summed E-state index contributed by atoms with van der Waals surface area (Å²) in [4.78, 5) is 33.4. The smallest absolute Gasteiger partial charge is 0.263 e. The zero-order valence-electron chi connectivity index (χ0n) is 19.8. The molecule has 2 aromatic heterocycles. The van der Waals surface area contributed by atoms with E-state index in [1.165, 1.54) is 34.2 Å². The number of carbonyl (C=O) groups excluding carboxylic acids is 1. The van der Waals surface area contributed by atoms with E-state index in [1.54, 1.807) is 23.0 Å². The summed E-state index contributed by atoms with van der Waals surface area (Å²) in [7, 11) is 1.63. The number of methoxy groups -OCH3 is 1. The van der Waals surface area contributed by atoms with Crippen LogP contribution in [0.2, 0.25) is 0 Å². The van der Waals surface area contributed by atoms with Gasteiger partial charge in [0.2, 0.25) is 5.91 Å². The Hall–Kier alpha value is -2.16. The molecule has 8 heteroatoms. The summed E-state index contributed by atoms with van der Waals surface area (Å²) >= 11 is 2.99. The highest BCUT2D eigenvalue weighted by atomic mass is 32.2. The standard InChI is InChI=1S/C26H31N3O3S2/c1-16-7-9-17(10-8-16)23(18-11-12-18)27-21(30)15-33-26-28-24-22(25(31)29(26)13-14-32-2)19-5-3-4-6-20(19)34-24/h7-10,18,23H,3-6,11-15H2,1-2H3,(H,27,30). The number of thioether (sulfide) groups is 1. The molecule has 1 fully saturated rings. The lowest BCUT2D eigenvalue weighted by Gasteiger charge is -2.19. The summed E-state index contributed by atoms with van der Waals surface area (Å²) in [5.74, 6) is 0.703. The van der Waals surface area contributed by atoms with Crippen LogP contribution in [0.25, 0.3) is 10.2 Å². The van der Waals surface area contributed by atoms with Gasteiger partial charge >= 0.3 is 0 Å². The molecule has 1 atom stereocenters. The van der Waals surface area contributed by atoms with Crippen molar-refractivity contribution in [3.63, 3.8) is 0 Å². The largest absolute Gasteiger partial charge is 0.383 e. The number of nitrogens with one attached hydrogen (secondary N) is 1. The minimum atomic E-state index is -0.0272. The van der Waals surface area contributed by atoms with Crippen molar-refractivity contribution in [3.8, 4) is 0 Å². The molecule has 1 amide bonds. The van der Waals surface area contributed by atoms with Crippen molar-refractivity contribution in [2.45, 2.75) is 63.2 Å². The maximum absolute atomic E-state index is 13.5. The Morgan fingerprint density at radius 2 is 2.03 bits per heavy atom. The third-order valence-corrected chi connectivity index (χ3v) is 8.90. The van der Waals surface area contributed by atoms with Gasteiger partial charge in [0.15, 0.2) is 5.16 Å². The van der Waals surface area contributed by atoms with E-state index in [0.29, 0.717) is 24.2 Å². The number of nitrogens with zero attached hydrogens (tertiary/aromatic N) is 2. The first-order chi connectivity index (χ1) is 16.5. The number of benzene rings is 1. The van der Waals surface area contributed by atoms with Crippen LogP contribution in [0.3, 0.4) is 0 Å². The molecule has 1 saturated carbocycles. The van der Waals surface area contributed by atoms with E-state index in [2.05, 4.69) is 36.5 Å². The Kier molecular flexibility index (Phi) is 7.09. The van der Waals surface area contributed by atoms with E-state index in [0.717, 1.165) is 47.9 Å². The number of rotatable bonds is 9. The van der Waals surface area contributed by atoms with Gasteiger partial charge < -0.3 is 10.1 Å². The third-order valence-electron chi connectivity index (χ3n) is 6.74. The quantitative estimate of drug-likeness (QED) is 0.344. The second-order valence-electron chi connectivity index (χ2n) is 9.32. The molecule has 0 bridgehead atoms. The van der Waals surface area contributed by atoms with Crippen molar-refractivity contribution >= 4 is 39.2 Å². The first-order valence-corrected chi connectivity index (χ1v) is 13.9. The molecule has 180 valence electrons. The molecule has 2 aliphatic rings. The van der Waals surface area contributed by atoms with Gasteiger partial charge in [-0.1, -0.05) is 41.6 Å². The van der Waals surface area contributed by atoms with Crippen molar-refractivity contribution < 1.29 is 9.53 Å². The Morgan fingerprint density at radius 1 is 1.26 bits per heavy atom. The maximum Gasteiger partial charge on any atom is 0.263 e. The van der Waals surface area contributed by atoms with Crippen LogP contribution in [0.15, 0.2) is 34.2 Å². The lowest BCUT2D eigenvalue weighted by atomic mass is 9.97.